The van der Waals surface area contributed by atoms with Gasteiger partial charge in [0.05, 0.1) is 0 Å². The fourth-order valence-electron chi connectivity index (χ4n) is 2.65. The van der Waals surface area contributed by atoms with E-state index in [0.717, 1.165) is 6.04 Å². The molecule has 2 bridgehead atoms. The molecule has 0 aromatic carbocycles. The normalized spacial score (nSPS) is 33.8. The molecule has 4 heteroatoms. The molecule has 0 aromatic heterocycles. The molecule has 3 aliphatic rings. The molecule has 0 spiro atoms. The van der Waals surface area contributed by atoms with Crippen LogP contribution in [-0.2, 0) is 0 Å². The molecule has 3 saturated heterocycles. The zero-order valence-corrected chi connectivity index (χ0v) is 13.6. The third kappa shape index (κ3) is 4.27. The molecular formula is C11H21I2N2-. The van der Waals surface area contributed by atoms with Crippen molar-refractivity contribution in [1.82, 2.24) is 9.80 Å². The Morgan fingerprint density at radius 1 is 1.00 bits per heavy atom. The maximum Gasteiger partial charge on any atom is 0.0224 e. The highest BCUT2D eigenvalue weighted by molar-refractivity contribution is 14.1. The van der Waals surface area contributed by atoms with E-state index < -0.39 is 0 Å². The smallest absolute Gasteiger partial charge is 0.0224 e. The molecule has 3 rings (SSSR count). The second-order valence-electron chi connectivity index (χ2n) is 4.53. The maximum absolute atomic E-state index is 2.71. The quantitative estimate of drug-likeness (QED) is 0.310. The first kappa shape index (κ1) is 14.4. The zero-order chi connectivity index (χ0) is 9.80. The number of piperazine rings is 3. The van der Waals surface area contributed by atoms with Gasteiger partial charge in [0.15, 0.2) is 0 Å². The summed E-state index contributed by atoms with van der Waals surface area (Å²) in [7, 11) is 0. The molecule has 3 fully saturated rings. The fraction of sp³-hybridized carbons (Fsp3) is 1.00. The molecule has 0 aliphatic carbocycles. The monoisotopic (exact) mass is 435 g/mol. The number of hydrogen-bond acceptors (Lipinski definition) is 2. The Hall–Kier alpha value is 1.38. The standard InChI is InChI=1S/C11H21IN2.HI/c12-5-3-1-2-4-11-10-13-6-8-14(11)9-7-13;/h11H,1-10H2;1H/p-1. The average molecular weight is 435 g/mol. The van der Waals surface area contributed by atoms with Crippen LogP contribution in [0, 0.1) is 0 Å². The van der Waals surface area contributed by atoms with Gasteiger partial charge < -0.3 is 24.0 Å². The van der Waals surface area contributed by atoms with Crippen molar-refractivity contribution in [2.24, 2.45) is 0 Å². The van der Waals surface area contributed by atoms with Gasteiger partial charge in [-0.15, -0.1) is 0 Å². The van der Waals surface area contributed by atoms with Crippen LogP contribution in [0.4, 0.5) is 0 Å². The summed E-state index contributed by atoms with van der Waals surface area (Å²) in [4.78, 5) is 5.35. The van der Waals surface area contributed by atoms with Crippen LogP contribution in [0.3, 0.4) is 0 Å². The Kier molecular flexibility index (Phi) is 7.37. The number of rotatable bonds is 5. The van der Waals surface area contributed by atoms with Crippen LogP contribution < -0.4 is 24.0 Å². The summed E-state index contributed by atoms with van der Waals surface area (Å²) in [5, 5.41) is 0. The molecule has 0 N–H and O–H groups in total. The Balaban J connectivity index is 0.00000112. The van der Waals surface area contributed by atoms with E-state index in [1.165, 1.54) is 62.8 Å². The van der Waals surface area contributed by atoms with E-state index in [9.17, 15) is 0 Å². The van der Waals surface area contributed by atoms with Crippen LogP contribution >= 0.6 is 22.6 Å². The van der Waals surface area contributed by atoms with Gasteiger partial charge in [-0.3, -0.25) is 9.80 Å². The van der Waals surface area contributed by atoms with E-state index >= 15 is 0 Å². The number of fused-ring (bicyclic) bond motifs is 3. The predicted molar refractivity (Wildman–Crippen MR) is 69.2 cm³/mol. The van der Waals surface area contributed by atoms with E-state index in [4.69, 9.17) is 0 Å². The third-order valence-corrected chi connectivity index (χ3v) is 4.33. The second kappa shape index (κ2) is 7.66. The van der Waals surface area contributed by atoms with Crippen LogP contribution in [0.15, 0.2) is 0 Å². The van der Waals surface area contributed by atoms with Crippen LogP contribution in [0.25, 0.3) is 0 Å². The van der Waals surface area contributed by atoms with E-state index in [-0.39, 0.29) is 24.0 Å². The lowest BCUT2D eigenvalue weighted by Crippen LogP contribution is -3.00. The van der Waals surface area contributed by atoms with E-state index in [2.05, 4.69) is 32.4 Å². The number of halogens is 2. The molecule has 0 aromatic rings. The third-order valence-electron chi connectivity index (χ3n) is 3.56. The average Bonchev–Trinajstić information content (AvgIpc) is 2.26. The van der Waals surface area contributed by atoms with Crippen LogP contribution in [-0.4, -0.2) is 53.0 Å². The fourth-order valence-corrected chi connectivity index (χ4v) is 3.19. The highest BCUT2D eigenvalue weighted by Crippen LogP contribution is 2.20. The molecule has 3 heterocycles. The van der Waals surface area contributed by atoms with Gasteiger partial charge in [-0.25, -0.2) is 0 Å². The van der Waals surface area contributed by atoms with E-state index in [1.54, 1.807) is 0 Å². The first-order valence-corrected chi connectivity index (χ1v) is 7.45. The summed E-state index contributed by atoms with van der Waals surface area (Å²) in [6.07, 6.45) is 5.73. The van der Waals surface area contributed by atoms with Crippen LogP contribution in [0.5, 0.6) is 0 Å². The Labute approximate surface area is 124 Å². The summed E-state index contributed by atoms with van der Waals surface area (Å²) in [6.45, 7) is 6.66. The lowest BCUT2D eigenvalue weighted by molar-refractivity contribution is -0.00000355. The molecule has 3 aliphatic heterocycles. The molecule has 0 saturated carbocycles. The summed E-state index contributed by atoms with van der Waals surface area (Å²) < 4.78 is 1.33. The molecule has 0 amide bonds. The predicted octanol–water partition coefficient (Wildman–Crippen LogP) is -1.01. The molecule has 0 radical (unpaired) electrons. The van der Waals surface area contributed by atoms with Gasteiger partial charge in [0.25, 0.3) is 0 Å². The summed E-state index contributed by atoms with van der Waals surface area (Å²) in [5.41, 5.74) is 0. The topological polar surface area (TPSA) is 6.48 Å². The van der Waals surface area contributed by atoms with Gasteiger partial charge in [0.1, 0.15) is 0 Å². The lowest BCUT2D eigenvalue weighted by atomic mass is 10.0. The number of nitrogens with zero attached hydrogens (tertiary/aromatic N) is 2. The van der Waals surface area contributed by atoms with Gasteiger partial charge in [-0.2, -0.15) is 0 Å². The van der Waals surface area contributed by atoms with Crippen molar-refractivity contribution in [1.29, 1.82) is 0 Å². The van der Waals surface area contributed by atoms with Crippen molar-refractivity contribution in [2.45, 2.75) is 31.7 Å². The van der Waals surface area contributed by atoms with Crippen molar-refractivity contribution >= 4 is 22.6 Å². The van der Waals surface area contributed by atoms with E-state index in [0.29, 0.717) is 0 Å². The SMILES string of the molecule is ICCCCCC1CN2CCN1CC2.[I-]. The highest BCUT2D eigenvalue weighted by atomic mass is 127. The molecular weight excluding hydrogens is 414 g/mol. The van der Waals surface area contributed by atoms with Crippen molar-refractivity contribution in [3.05, 3.63) is 0 Å². The summed E-state index contributed by atoms with van der Waals surface area (Å²) in [6, 6.07) is 0.895. The summed E-state index contributed by atoms with van der Waals surface area (Å²) in [5.74, 6) is 0. The zero-order valence-electron chi connectivity index (χ0n) is 9.30. The second-order valence-corrected chi connectivity index (χ2v) is 5.61. The summed E-state index contributed by atoms with van der Waals surface area (Å²) >= 11 is 2.48. The van der Waals surface area contributed by atoms with Gasteiger partial charge >= 0.3 is 0 Å². The highest BCUT2D eigenvalue weighted by Gasteiger charge is 2.30. The van der Waals surface area contributed by atoms with Crippen molar-refractivity contribution in [2.75, 3.05) is 37.2 Å². The minimum absolute atomic E-state index is 0. The number of hydrogen-bond donors (Lipinski definition) is 0. The maximum atomic E-state index is 2.71. The molecule has 1 unspecified atom stereocenters. The Morgan fingerprint density at radius 3 is 2.27 bits per heavy atom. The van der Waals surface area contributed by atoms with Crippen molar-refractivity contribution in [3.8, 4) is 0 Å². The van der Waals surface area contributed by atoms with E-state index in [1.807, 2.05) is 0 Å². The molecule has 15 heavy (non-hydrogen) atoms. The van der Waals surface area contributed by atoms with Gasteiger partial charge in [-0.05, 0) is 17.3 Å². The van der Waals surface area contributed by atoms with Gasteiger partial charge in [-0.1, -0.05) is 35.4 Å². The first-order valence-electron chi connectivity index (χ1n) is 5.92. The number of unbranched alkanes of at least 4 members (excludes halogenated alkanes) is 2. The van der Waals surface area contributed by atoms with Gasteiger partial charge in [0.2, 0.25) is 0 Å². The number of alkyl halides is 1. The molecule has 2 nitrogen and oxygen atoms in total. The lowest BCUT2D eigenvalue weighted by Gasteiger charge is -2.47. The van der Waals surface area contributed by atoms with Gasteiger partial charge in [0, 0.05) is 38.8 Å². The minimum atomic E-state index is 0. The van der Waals surface area contributed by atoms with Crippen LogP contribution in [0.1, 0.15) is 25.7 Å². The minimum Gasteiger partial charge on any atom is -1.00 e. The molecule has 1 atom stereocenters. The Morgan fingerprint density at radius 2 is 1.73 bits per heavy atom. The van der Waals surface area contributed by atoms with Crippen molar-refractivity contribution < 1.29 is 24.0 Å². The Bertz CT molecular complexity index is 170. The largest absolute Gasteiger partial charge is 1.00 e. The molecule has 90 valence electrons. The first-order chi connectivity index (χ1) is 6.90. The van der Waals surface area contributed by atoms with Crippen molar-refractivity contribution in [3.63, 3.8) is 0 Å². The van der Waals surface area contributed by atoms with Crippen LogP contribution in [0.2, 0.25) is 0 Å².